The van der Waals surface area contributed by atoms with Crippen LogP contribution in [0, 0.1) is 0 Å². The van der Waals surface area contributed by atoms with Crippen molar-refractivity contribution in [1.29, 1.82) is 0 Å². The van der Waals surface area contributed by atoms with Gasteiger partial charge >= 0.3 is 0 Å². The van der Waals surface area contributed by atoms with Gasteiger partial charge in [-0.15, -0.1) is 0 Å². The molecular formula is C28H25NO. The summed E-state index contributed by atoms with van der Waals surface area (Å²) in [5.41, 5.74) is 8.75. The molecule has 0 amide bonds. The van der Waals surface area contributed by atoms with Crippen LogP contribution in [0.25, 0.3) is 11.1 Å². The van der Waals surface area contributed by atoms with E-state index in [4.69, 9.17) is 4.74 Å². The van der Waals surface area contributed by atoms with E-state index in [0.717, 1.165) is 22.8 Å². The number of nitrogens with zero attached hydrogens (tertiary/aromatic N) is 1. The summed E-state index contributed by atoms with van der Waals surface area (Å²) in [6.45, 7) is 4.64. The predicted octanol–water partition coefficient (Wildman–Crippen LogP) is 7.47. The normalized spacial score (nSPS) is 13.4. The Hall–Kier alpha value is -3.52. The number of methoxy groups -OCH3 is 1. The molecule has 4 aromatic rings. The van der Waals surface area contributed by atoms with Gasteiger partial charge in [0, 0.05) is 28.5 Å². The molecule has 0 N–H and O–H groups in total. The van der Waals surface area contributed by atoms with Crippen LogP contribution in [0.2, 0.25) is 0 Å². The number of anilines is 3. The van der Waals surface area contributed by atoms with Gasteiger partial charge in [-0.3, -0.25) is 0 Å². The van der Waals surface area contributed by atoms with Gasteiger partial charge in [0.05, 0.1) is 7.11 Å². The molecular weight excluding hydrogens is 366 g/mol. The van der Waals surface area contributed by atoms with Crippen LogP contribution in [0.1, 0.15) is 25.0 Å². The second kappa shape index (κ2) is 7.07. The number of rotatable bonds is 4. The van der Waals surface area contributed by atoms with Crippen LogP contribution in [-0.2, 0) is 5.41 Å². The second-order valence-electron chi connectivity index (χ2n) is 8.27. The van der Waals surface area contributed by atoms with Crippen molar-refractivity contribution in [2.24, 2.45) is 0 Å². The molecule has 0 radical (unpaired) electrons. The number of hydrogen-bond acceptors (Lipinski definition) is 2. The zero-order chi connectivity index (χ0) is 20.7. The summed E-state index contributed by atoms with van der Waals surface area (Å²) in [5.74, 6) is 0.849. The molecule has 30 heavy (non-hydrogen) atoms. The van der Waals surface area contributed by atoms with E-state index in [1.165, 1.54) is 22.3 Å². The van der Waals surface area contributed by atoms with Crippen molar-refractivity contribution in [3.8, 4) is 16.9 Å². The van der Waals surface area contributed by atoms with Gasteiger partial charge in [-0.2, -0.15) is 0 Å². The van der Waals surface area contributed by atoms with Crippen LogP contribution < -0.4 is 9.64 Å². The maximum atomic E-state index is 5.50. The lowest BCUT2D eigenvalue weighted by Gasteiger charge is -2.28. The largest absolute Gasteiger partial charge is 0.497 e. The Labute approximate surface area is 178 Å². The van der Waals surface area contributed by atoms with Gasteiger partial charge in [0.2, 0.25) is 0 Å². The summed E-state index contributed by atoms with van der Waals surface area (Å²) in [4.78, 5) is 2.29. The van der Waals surface area contributed by atoms with Crippen molar-refractivity contribution in [1.82, 2.24) is 0 Å². The third kappa shape index (κ3) is 2.88. The Balaban J connectivity index is 1.69. The molecule has 0 aromatic heterocycles. The van der Waals surface area contributed by atoms with Crippen LogP contribution in [0.5, 0.6) is 5.75 Å². The predicted molar refractivity (Wildman–Crippen MR) is 125 cm³/mol. The van der Waals surface area contributed by atoms with E-state index < -0.39 is 0 Å². The number of benzene rings is 4. The van der Waals surface area contributed by atoms with Crippen molar-refractivity contribution in [3.05, 3.63) is 108 Å². The highest BCUT2D eigenvalue weighted by atomic mass is 16.5. The second-order valence-corrected chi connectivity index (χ2v) is 8.27. The number of fused-ring (bicyclic) bond motifs is 3. The first kappa shape index (κ1) is 18.5. The van der Waals surface area contributed by atoms with Crippen LogP contribution in [0.3, 0.4) is 0 Å². The SMILES string of the molecule is COc1cccc(N(c2ccccc2)c2ccc3c(c2)C(C)(C)c2ccccc2-3)c1. The zero-order valence-corrected chi connectivity index (χ0v) is 17.6. The van der Waals surface area contributed by atoms with Crippen LogP contribution in [-0.4, -0.2) is 7.11 Å². The molecule has 0 saturated carbocycles. The quantitative estimate of drug-likeness (QED) is 0.358. The van der Waals surface area contributed by atoms with E-state index in [1.807, 2.05) is 12.1 Å². The van der Waals surface area contributed by atoms with Crippen LogP contribution in [0.4, 0.5) is 17.1 Å². The topological polar surface area (TPSA) is 12.5 Å². The van der Waals surface area contributed by atoms with Crippen molar-refractivity contribution in [2.45, 2.75) is 19.3 Å². The first-order valence-corrected chi connectivity index (χ1v) is 10.3. The average Bonchev–Trinajstić information content (AvgIpc) is 3.02. The lowest BCUT2D eigenvalue weighted by atomic mass is 9.82. The monoisotopic (exact) mass is 391 g/mol. The van der Waals surface area contributed by atoms with Crippen molar-refractivity contribution < 1.29 is 4.74 Å². The summed E-state index contributed by atoms with van der Waals surface area (Å²) < 4.78 is 5.50. The molecule has 0 unspecified atom stereocenters. The minimum absolute atomic E-state index is 0.0291. The molecule has 148 valence electrons. The summed E-state index contributed by atoms with van der Waals surface area (Å²) in [7, 11) is 1.71. The lowest BCUT2D eigenvalue weighted by Crippen LogP contribution is -2.16. The Morgan fingerprint density at radius 3 is 2.07 bits per heavy atom. The fraction of sp³-hybridized carbons (Fsp3) is 0.143. The molecule has 0 bridgehead atoms. The average molecular weight is 392 g/mol. The van der Waals surface area contributed by atoms with Crippen molar-refractivity contribution in [2.75, 3.05) is 12.0 Å². The molecule has 0 spiro atoms. The molecule has 2 nitrogen and oxygen atoms in total. The standard InChI is InChI=1S/C28H25NO/c1-28(2)26-15-8-7-14-24(26)25-17-16-22(19-27(25)28)29(20-10-5-4-6-11-20)21-12-9-13-23(18-21)30-3/h4-19H,1-3H3. The number of ether oxygens (including phenoxy) is 1. The smallest absolute Gasteiger partial charge is 0.120 e. The molecule has 1 aliphatic rings. The molecule has 4 aromatic carbocycles. The van der Waals surface area contributed by atoms with Crippen molar-refractivity contribution in [3.63, 3.8) is 0 Å². The Morgan fingerprint density at radius 2 is 1.27 bits per heavy atom. The minimum Gasteiger partial charge on any atom is -0.497 e. The number of hydrogen-bond donors (Lipinski definition) is 0. The molecule has 0 atom stereocenters. The van der Waals surface area contributed by atoms with E-state index in [0.29, 0.717) is 0 Å². The molecule has 0 fully saturated rings. The first-order chi connectivity index (χ1) is 14.6. The Bertz CT molecular complexity index is 1210. The zero-order valence-electron chi connectivity index (χ0n) is 17.6. The van der Waals surface area contributed by atoms with Crippen LogP contribution in [0.15, 0.2) is 97.1 Å². The highest BCUT2D eigenvalue weighted by Gasteiger charge is 2.35. The maximum absolute atomic E-state index is 5.50. The number of para-hydroxylation sites is 1. The van der Waals surface area contributed by atoms with Crippen LogP contribution >= 0.6 is 0 Å². The van der Waals surface area contributed by atoms with E-state index in [2.05, 4.69) is 104 Å². The summed E-state index contributed by atoms with van der Waals surface area (Å²) >= 11 is 0. The summed E-state index contributed by atoms with van der Waals surface area (Å²) in [5, 5.41) is 0. The summed E-state index contributed by atoms with van der Waals surface area (Å²) in [6.07, 6.45) is 0. The molecule has 2 heteroatoms. The van der Waals surface area contributed by atoms with E-state index in [1.54, 1.807) is 7.11 Å². The molecule has 1 aliphatic carbocycles. The third-order valence-electron chi connectivity index (χ3n) is 6.15. The van der Waals surface area contributed by atoms with Gasteiger partial charge < -0.3 is 9.64 Å². The van der Waals surface area contributed by atoms with Gasteiger partial charge in [0.15, 0.2) is 0 Å². The highest BCUT2D eigenvalue weighted by Crippen LogP contribution is 2.50. The minimum atomic E-state index is -0.0291. The molecule has 5 rings (SSSR count). The van der Waals surface area contributed by atoms with Crippen molar-refractivity contribution >= 4 is 17.1 Å². The Morgan fingerprint density at radius 1 is 0.600 bits per heavy atom. The summed E-state index contributed by atoms with van der Waals surface area (Å²) in [6, 6.07) is 34.3. The van der Waals surface area contributed by atoms with Gasteiger partial charge in [-0.1, -0.05) is 68.4 Å². The van der Waals surface area contributed by atoms with E-state index >= 15 is 0 Å². The highest BCUT2D eigenvalue weighted by molar-refractivity contribution is 5.85. The molecule has 0 aliphatic heterocycles. The third-order valence-corrected chi connectivity index (χ3v) is 6.15. The fourth-order valence-corrected chi connectivity index (χ4v) is 4.61. The van der Waals surface area contributed by atoms with Gasteiger partial charge in [-0.05, 0) is 58.7 Å². The van der Waals surface area contributed by atoms with E-state index in [9.17, 15) is 0 Å². The Kier molecular flexibility index (Phi) is 4.36. The molecule has 0 saturated heterocycles. The van der Waals surface area contributed by atoms with E-state index in [-0.39, 0.29) is 5.41 Å². The fourth-order valence-electron chi connectivity index (χ4n) is 4.61. The maximum Gasteiger partial charge on any atom is 0.120 e. The molecule has 0 heterocycles. The van der Waals surface area contributed by atoms with Gasteiger partial charge in [0.1, 0.15) is 5.75 Å². The van der Waals surface area contributed by atoms with Gasteiger partial charge in [-0.25, -0.2) is 0 Å². The van der Waals surface area contributed by atoms with Gasteiger partial charge in [0.25, 0.3) is 0 Å². The first-order valence-electron chi connectivity index (χ1n) is 10.3. The lowest BCUT2D eigenvalue weighted by molar-refractivity contribution is 0.415.